The molecule has 1 N–H and O–H groups in total. The Bertz CT molecular complexity index is 604. The fourth-order valence-corrected chi connectivity index (χ4v) is 2.39. The second-order valence-corrected chi connectivity index (χ2v) is 5.01. The van der Waals surface area contributed by atoms with Gasteiger partial charge in [0.05, 0.1) is 25.0 Å². The van der Waals surface area contributed by atoms with Gasteiger partial charge in [-0.25, -0.2) is 0 Å². The number of nitrogens with zero attached hydrogens (tertiary/aromatic N) is 3. The molecule has 2 heterocycles. The van der Waals surface area contributed by atoms with E-state index in [1.54, 1.807) is 7.11 Å². The number of rotatable bonds is 5. The van der Waals surface area contributed by atoms with Crippen molar-refractivity contribution in [3.63, 3.8) is 0 Å². The fourth-order valence-electron chi connectivity index (χ4n) is 2.39. The van der Waals surface area contributed by atoms with E-state index in [4.69, 9.17) is 4.74 Å². The van der Waals surface area contributed by atoms with Gasteiger partial charge in [-0.2, -0.15) is 5.10 Å². The van der Waals surface area contributed by atoms with Gasteiger partial charge in [0.2, 0.25) is 0 Å². The zero-order valence-electron chi connectivity index (χ0n) is 12.8. The Morgan fingerprint density at radius 1 is 1.30 bits per heavy atom. The lowest BCUT2D eigenvalue weighted by molar-refractivity contribution is 0.406. The first-order valence-electron chi connectivity index (χ1n) is 6.73. The highest BCUT2D eigenvalue weighted by Crippen LogP contribution is 2.24. The van der Waals surface area contributed by atoms with Gasteiger partial charge in [-0.3, -0.25) is 9.67 Å². The van der Waals surface area contributed by atoms with Crippen LogP contribution in [0, 0.1) is 20.8 Å². The van der Waals surface area contributed by atoms with Crippen LogP contribution in [0.25, 0.3) is 0 Å². The molecule has 0 amide bonds. The molecule has 2 aromatic heterocycles. The van der Waals surface area contributed by atoms with E-state index in [-0.39, 0.29) is 0 Å². The number of hydrogen-bond acceptors (Lipinski definition) is 4. The van der Waals surface area contributed by atoms with Crippen LogP contribution in [0.4, 0.5) is 0 Å². The lowest BCUT2D eigenvalue weighted by atomic mass is 10.1. The van der Waals surface area contributed by atoms with Crippen molar-refractivity contribution < 1.29 is 4.74 Å². The summed E-state index contributed by atoms with van der Waals surface area (Å²) in [5.74, 6) is 0.911. The summed E-state index contributed by atoms with van der Waals surface area (Å²) in [6, 6.07) is 0. The van der Waals surface area contributed by atoms with Crippen molar-refractivity contribution in [3.8, 4) is 5.75 Å². The lowest BCUT2D eigenvalue weighted by Crippen LogP contribution is -2.07. The first-order chi connectivity index (χ1) is 9.56. The molecule has 0 atom stereocenters. The average Bonchev–Trinajstić information content (AvgIpc) is 2.75. The number of hydrogen-bond donors (Lipinski definition) is 1. The first-order valence-corrected chi connectivity index (χ1v) is 6.73. The smallest absolute Gasteiger partial charge is 0.128 e. The maximum atomic E-state index is 5.44. The molecule has 0 saturated heterocycles. The number of aromatic nitrogens is 3. The molecule has 5 heteroatoms. The third-order valence-electron chi connectivity index (χ3n) is 3.48. The molecule has 20 heavy (non-hydrogen) atoms. The van der Waals surface area contributed by atoms with Crippen molar-refractivity contribution in [1.29, 1.82) is 0 Å². The zero-order valence-corrected chi connectivity index (χ0v) is 12.8. The molecule has 0 saturated carbocycles. The predicted octanol–water partition coefficient (Wildman–Crippen LogP) is 1.98. The van der Waals surface area contributed by atoms with Crippen molar-refractivity contribution in [2.75, 3.05) is 14.2 Å². The molecule has 2 rings (SSSR count). The van der Waals surface area contributed by atoms with E-state index in [1.807, 2.05) is 38.7 Å². The zero-order chi connectivity index (χ0) is 14.7. The predicted molar refractivity (Wildman–Crippen MR) is 79.1 cm³/mol. The van der Waals surface area contributed by atoms with Crippen LogP contribution < -0.4 is 10.1 Å². The van der Waals surface area contributed by atoms with Gasteiger partial charge in [-0.05, 0) is 27.8 Å². The van der Waals surface area contributed by atoms with Gasteiger partial charge in [-0.1, -0.05) is 0 Å². The molecular formula is C15H22N4O. The summed E-state index contributed by atoms with van der Waals surface area (Å²) < 4.78 is 7.38. The van der Waals surface area contributed by atoms with E-state index in [2.05, 4.69) is 21.6 Å². The molecule has 5 nitrogen and oxygen atoms in total. The highest BCUT2D eigenvalue weighted by molar-refractivity contribution is 5.41. The van der Waals surface area contributed by atoms with Gasteiger partial charge in [0, 0.05) is 35.6 Å². The van der Waals surface area contributed by atoms with Crippen LogP contribution in [0.3, 0.4) is 0 Å². The molecular weight excluding hydrogens is 252 g/mol. The molecule has 108 valence electrons. The minimum Gasteiger partial charge on any atom is -0.496 e. The molecule has 0 spiro atoms. The van der Waals surface area contributed by atoms with Crippen LogP contribution in [0.5, 0.6) is 5.75 Å². The molecule has 0 fully saturated rings. The number of nitrogens with one attached hydrogen (secondary N) is 1. The molecule has 0 aromatic carbocycles. The summed E-state index contributed by atoms with van der Waals surface area (Å²) in [4.78, 5) is 4.51. The molecule has 0 bridgehead atoms. The van der Waals surface area contributed by atoms with Crippen molar-refractivity contribution in [3.05, 3.63) is 40.5 Å². The van der Waals surface area contributed by atoms with Crippen LogP contribution in [-0.4, -0.2) is 28.9 Å². The van der Waals surface area contributed by atoms with E-state index in [1.165, 1.54) is 5.56 Å². The Hall–Kier alpha value is -1.88. The van der Waals surface area contributed by atoms with Crippen molar-refractivity contribution in [2.45, 2.75) is 33.9 Å². The second kappa shape index (κ2) is 6.05. The largest absolute Gasteiger partial charge is 0.496 e. The third-order valence-corrected chi connectivity index (χ3v) is 3.48. The minimum absolute atomic E-state index is 0.660. The van der Waals surface area contributed by atoms with Gasteiger partial charge in [0.25, 0.3) is 0 Å². The van der Waals surface area contributed by atoms with Crippen molar-refractivity contribution in [2.24, 2.45) is 0 Å². The summed E-state index contributed by atoms with van der Waals surface area (Å²) in [5.41, 5.74) is 5.39. The Labute approximate surface area is 120 Å². The van der Waals surface area contributed by atoms with Crippen LogP contribution in [0.1, 0.15) is 28.1 Å². The quantitative estimate of drug-likeness (QED) is 0.906. The Morgan fingerprint density at radius 2 is 2.05 bits per heavy atom. The number of aryl methyl sites for hydroxylation is 2. The van der Waals surface area contributed by atoms with Crippen molar-refractivity contribution in [1.82, 2.24) is 20.1 Å². The summed E-state index contributed by atoms with van der Waals surface area (Å²) in [6.45, 7) is 7.56. The molecule has 0 aliphatic rings. The van der Waals surface area contributed by atoms with Gasteiger partial charge >= 0.3 is 0 Å². The maximum absolute atomic E-state index is 5.44. The highest BCUT2D eigenvalue weighted by atomic mass is 16.5. The lowest BCUT2D eigenvalue weighted by Gasteiger charge is -2.12. The van der Waals surface area contributed by atoms with E-state index < -0.39 is 0 Å². The number of methoxy groups -OCH3 is 1. The van der Waals surface area contributed by atoms with E-state index in [9.17, 15) is 0 Å². The van der Waals surface area contributed by atoms with Crippen LogP contribution in [-0.2, 0) is 13.1 Å². The summed E-state index contributed by atoms with van der Waals surface area (Å²) in [5, 5.41) is 7.69. The number of pyridine rings is 1. The first kappa shape index (κ1) is 14.5. The Morgan fingerprint density at radius 3 is 2.70 bits per heavy atom. The monoisotopic (exact) mass is 274 g/mol. The van der Waals surface area contributed by atoms with Gasteiger partial charge < -0.3 is 10.1 Å². The van der Waals surface area contributed by atoms with Gasteiger partial charge in [0.1, 0.15) is 5.75 Å². The minimum atomic E-state index is 0.660. The second-order valence-electron chi connectivity index (χ2n) is 5.01. The Kier molecular flexibility index (Phi) is 4.39. The molecule has 0 unspecified atom stereocenters. The maximum Gasteiger partial charge on any atom is 0.128 e. The van der Waals surface area contributed by atoms with E-state index in [0.29, 0.717) is 6.54 Å². The average molecular weight is 274 g/mol. The molecule has 0 aliphatic carbocycles. The number of ether oxygens (including phenoxy) is 1. The third kappa shape index (κ3) is 2.82. The summed E-state index contributed by atoms with van der Waals surface area (Å²) in [6.07, 6.45) is 3.92. The van der Waals surface area contributed by atoms with Gasteiger partial charge in [0.15, 0.2) is 0 Å². The van der Waals surface area contributed by atoms with E-state index >= 15 is 0 Å². The van der Waals surface area contributed by atoms with Crippen LogP contribution in [0.15, 0.2) is 12.4 Å². The summed E-state index contributed by atoms with van der Waals surface area (Å²) in [7, 11) is 3.63. The molecule has 2 aromatic rings. The van der Waals surface area contributed by atoms with Crippen LogP contribution >= 0.6 is 0 Å². The molecule has 0 radical (unpaired) electrons. The summed E-state index contributed by atoms with van der Waals surface area (Å²) >= 11 is 0. The standard InChI is InChI=1S/C15H22N4O/c1-10-6-17-14(11(2)15(10)20-5)9-19-8-13(7-16-4)12(3)18-19/h6,8,16H,7,9H2,1-5H3. The normalized spacial score (nSPS) is 10.8. The fraction of sp³-hybridized carbons (Fsp3) is 0.467. The SMILES string of the molecule is CNCc1cn(Cc2ncc(C)c(OC)c2C)nc1C. The Balaban J connectivity index is 2.28. The highest BCUT2D eigenvalue weighted by Gasteiger charge is 2.11. The molecule has 0 aliphatic heterocycles. The van der Waals surface area contributed by atoms with Crippen molar-refractivity contribution >= 4 is 0 Å². The van der Waals surface area contributed by atoms with E-state index in [0.717, 1.165) is 34.8 Å². The van der Waals surface area contributed by atoms with Gasteiger partial charge in [-0.15, -0.1) is 0 Å². The van der Waals surface area contributed by atoms with Crippen LogP contribution in [0.2, 0.25) is 0 Å². The topological polar surface area (TPSA) is 52.0 Å².